The fraction of sp³-hybridized carbons (Fsp3) is 0.455. The number of nitriles is 1. The molecule has 1 aliphatic carbocycles. The molecule has 1 spiro atoms. The second-order valence-electron chi connectivity index (χ2n) is 16.6. The van der Waals surface area contributed by atoms with Crippen molar-refractivity contribution < 1.29 is 28.7 Å². The van der Waals surface area contributed by atoms with Gasteiger partial charge in [0.1, 0.15) is 24.0 Å². The SMILES string of the molecule is N#Cc1ccc(OC2CCN(C(=O)c3ccc(N4CCN(C5CCN(c6ccc7c(c6)C(=O)N(C6CCC(=O)NC6=O)C7=O)CC5)CC4)cc3)CC23CCC3)cc1Cl. The molecule has 0 aromatic heterocycles. The largest absolute Gasteiger partial charge is 0.490 e. The van der Waals surface area contributed by atoms with Crippen molar-refractivity contribution in [2.45, 2.75) is 69.6 Å². The van der Waals surface area contributed by atoms with Gasteiger partial charge in [0.25, 0.3) is 17.7 Å². The smallest absolute Gasteiger partial charge is 0.262 e. The predicted molar refractivity (Wildman–Crippen MR) is 216 cm³/mol. The molecule has 5 aliphatic heterocycles. The Morgan fingerprint density at radius 2 is 1.50 bits per heavy atom. The van der Waals surface area contributed by atoms with Gasteiger partial charge in [0, 0.05) is 99.7 Å². The number of likely N-dealkylation sites (tertiary alicyclic amines) is 1. The van der Waals surface area contributed by atoms with Crippen LogP contribution < -0.4 is 19.9 Å². The van der Waals surface area contributed by atoms with Crippen LogP contribution in [0.25, 0.3) is 0 Å². The topological polar surface area (TPSA) is 147 Å². The summed E-state index contributed by atoms with van der Waals surface area (Å²) in [6, 6.07) is 20.2. The standard InChI is InChI=1S/C44H46ClN7O6/c45-36-25-33(8-4-29(36)26-46)58-38-14-19-51(27-44(38)15-1-16-44)41(55)28-2-5-30(6-3-28)49-20-22-50(23-21-49)31-12-17-48(18-13-31)32-7-9-34-35(24-32)43(57)52(42(34)56)37-10-11-39(53)47-40(37)54/h2-9,24-25,31,37-38H,1,10-23,27H2,(H,47,53,54). The van der Waals surface area contributed by atoms with E-state index in [4.69, 9.17) is 16.3 Å². The van der Waals surface area contributed by atoms with Gasteiger partial charge in [0.15, 0.2) is 0 Å². The molecule has 5 fully saturated rings. The van der Waals surface area contributed by atoms with Crippen LogP contribution in [-0.2, 0) is 9.59 Å². The Kier molecular flexibility index (Phi) is 10.1. The Balaban J connectivity index is 0.752. The second kappa shape index (κ2) is 15.4. The summed E-state index contributed by atoms with van der Waals surface area (Å²) < 4.78 is 6.44. The molecule has 6 aliphatic rings. The molecule has 1 saturated carbocycles. The zero-order valence-corrected chi connectivity index (χ0v) is 33.1. The molecule has 2 atom stereocenters. The highest BCUT2D eigenvalue weighted by Crippen LogP contribution is 2.49. The minimum Gasteiger partial charge on any atom is -0.490 e. The highest BCUT2D eigenvalue weighted by molar-refractivity contribution is 6.31. The van der Waals surface area contributed by atoms with Gasteiger partial charge >= 0.3 is 0 Å². The fourth-order valence-corrected chi connectivity index (χ4v) is 10.1. The highest BCUT2D eigenvalue weighted by atomic mass is 35.5. The molecular weight excluding hydrogens is 758 g/mol. The van der Waals surface area contributed by atoms with Crippen molar-refractivity contribution in [3.63, 3.8) is 0 Å². The Morgan fingerprint density at radius 1 is 0.793 bits per heavy atom. The van der Waals surface area contributed by atoms with Crippen molar-refractivity contribution >= 4 is 52.5 Å². The Hall–Kier alpha value is -5.45. The first-order chi connectivity index (χ1) is 28.1. The van der Waals surface area contributed by atoms with Crippen LogP contribution in [0.2, 0.25) is 5.02 Å². The van der Waals surface area contributed by atoms with Crippen LogP contribution in [0.3, 0.4) is 0 Å². The van der Waals surface area contributed by atoms with E-state index in [2.05, 4.69) is 38.2 Å². The van der Waals surface area contributed by atoms with Gasteiger partial charge in [-0.2, -0.15) is 5.26 Å². The average Bonchev–Trinajstić information content (AvgIpc) is 3.48. The van der Waals surface area contributed by atoms with E-state index in [1.165, 1.54) is 0 Å². The zero-order valence-electron chi connectivity index (χ0n) is 32.3. The van der Waals surface area contributed by atoms with Gasteiger partial charge in [-0.25, -0.2) is 0 Å². The maximum Gasteiger partial charge on any atom is 0.262 e. The fourth-order valence-electron chi connectivity index (χ4n) is 9.92. The van der Waals surface area contributed by atoms with E-state index in [0.717, 1.165) is 94.1 Å². The number of benzene rings is 3. The van der Waals surface area contributed by atoms with Crippen LogP contribution in [0.15, 0.2) is 60.7 Å². The monoisotopic (exact) mass is 803 g/mol. The number of fused-ring (bicyclic) bond motifs is 1. The summed E-state index contributed by atoms with van der Waals surface area (Å²) in [5, 5.41) is 11.9. The van der Waals surface area contributed by atoms with Gasteiger partial charge in [-0.1, -0.05) is 18.0 Å². The first-order valence-electron chi connectivity index (χ1n) is 20.5. The number of hydrogen-bond acceptors (Lipinski definition) is 10. The summed E-state index contributed by atoms with van der Waals surface area (Å²) in [7, 11) is 0. The molecular formula is C44H46ClN7O6. The lowest BCUT2D eigenvalue weighted by Crippen LogP contribution is -2.58. The van der Waals surface area contributed by atoms with Crippen LogP contribution in [0.4, 0.5) is 11.4 Å². The van der Waals surface area contributed by atoms with E-state index in [1.807, 2.05) is 23.1 Å². The van der Waals surface area contributed by atoms with Crippen molar-refractivity contribution in [3.8, 4) is 11.8 Å². The lowest BCUT2D eigenvalue weighted by molar-refractivity contribution is -0.136. The molecule has 3 aromatic carbocycles. The van der Waals surface area contributed by atoms with E-state index in [0.29, 0.717) is 52.2 Å². The lowest BCUT2D eigenvalue weighted by atomic mass is 9.62. The predicted octanol–water partition coefficient (Wildman–Crippen LogP) is 4.87. The Morgan fingerprint density at radius 3 is 2.17 bits per heavy atom. The third kappa shape index (κ3) is 6.96. The number of piperazine rings is 1. The summed E-state index contributed by atoms with van der Waals surface area (Å²) in [5.74, 6) is -1.25. The van der Waals surface area contributed by atoms with Crippen molar-refractivity contribution in [2.75, 3.05) is 62.2 Å². The molecule has 9 rings (SSSR count). The van der Waals surface area contributed by atoms with E-state index in [-0.39, 0.29) is 30.3 Å². The number of carbonyl (C=O) groups excluding carboxylic acids is 5. The number of piperidine rings is 3. The number of imide groups is 2. The number of nitrogens with zero attached hydrogens (tertiary/aromatic N) is 6. The summed E-state index contributed by atoms with van der Waals surface area (Å²) in [6.07, 6.45) is 6.09. The number of carbonyl (C=O) groups is 5. The van der Waals surface area contributed by atoms with Crippen molar-refractivity contribution in [1.29, 1.82) is 5.26 Å². The Bertz CT molecular complexity index is 2200. The zero-order chi connectivity index (χ0) is 40.1. The molecule has 14 heteroatoms. The Labute approximate surface area is 342 Å². The van der Waals surface area contributed by atoms with Crippen LogP contribution in [0, 0.1) is 16.7 Å². The number of ether oxygens (including phenoxy) is 1. The van der Waals surface area contributed by atoms with Gasteiger partial charge in [0.05, 0.1) is 21.7 Å². The first-order valence-corrected chi connectivity index (χ1v) is 20.8. The highest BCUT2D eigenvalue weighted by Gasteiger charge is 2.50. The molecule has 5 heterocycles. The minimum atomic E-state index is -0.974. The maximum atomic E-state index is 13.8. The minimum absolute atomic E-state index is 0.00533. The molecule has 1 N–H and O–H groups in total. The number of rotatable bonds is 7. The van der Waals surface area contributed by atoms with E-state index >= 15 is 0 Å². The van der Waals surface area contributed by atoms with E-state index < -0.39 is 29.7 Å². The first kappa shape index (κ1) is 38.1. The quantitative estimate of drug-likeness (QED) is 0.329. The van der Waals surface area contributed by atoms with Crippen molar-refractivity contribution in [3.05, 3.63) is 87.9 Å². The molecule has 0 radical (unpaired) electrons. The average molecular weight is 804 g/mol. The maximum absolute atomic E-state index is 13.8. The van der Waals surface area contributed by atoms with Crippen LogP contribution in [-0.4, -0.2) is 115 Å². The van der Waals surface area contributed by atoms with Gasteiger partial charge in [0.2, 0.25) is 11.8 Å². The number of amides is 5. The van der Waals surface area contributed by atoms with Crippen molar-refractivity contribution in [2.24, 2.45) is 5.41 Å². The van der Waals surface area contributed by atoms with E-state index in [1.54, 1.807) is 30.3 Å². The number of halogens is 1. The summed E-state index contributed by atoms with van der Waals surface area (Å²) in [6.45, 7) is 6.65. The normalized spacial score (nSPS) is 23.7. The molecule has 3 aromatic rings. The van der Waals surface area contributed by atoms with Crippen LogP contribution in [0.1, 0.15) is 88.0 Å². The summed E-state index contributed by atoms with van der Waals surface area (Å²) in [4.78, 5) is 74.6. The molecule has 2 unspecified atom stereocenters. The second-order valence-corrected chi connectivity index (χ2v) is 17.0. The van der Waals surface area contributed by atoms with Crippen LogP contribution in [0.5, 0.6) is 5.75 Å². The molecule has 4 saturated heterocycles. The van der Waals surface area contributed by atoms with Crippen LogP contribution >= 0.6 is 11.6 Å². The van der Waals surface area contributed by atoms with Crippen molar-refractivity contribution in [1.82, 2.24) is 20.0 Å². The third-order valence-electron chi connectivity index (χ3n) is 13.4. The van der Waals surface area contributed by atoms with Gasteiger partial charge in [-0.05, 0) is 86.7 Å². The lowest BCUT2D eigenvalue weighted by Gasteiger charge is -2.53. The number of anilines is 2. The molecule has 58 heavy (non-hydrogen) atoms. The molecule has 300 valence electrons. The van der Waals surface area contributed by atoms with Gasteiger partial charge < -0.3 is 19.4 Å². The summed E-state index contributed by atoms with van der Waals surface area (Å²) >= 11 is 6.27. The molecule has 5 amide bonds. The van der Waals surface area contributed by atoms with E-state index in [9.17, 15) is 29.2 Å². The van der Waals surface area contributed by atoms with Gasteiger partial charge in [-0.3, -0.25) is 39.1 Å². The number of hydrogen-bond donors (Lipinski definition) is 1. The molecule has 0 bridgehead atoms. The number of nitrogens with one attached hydrogen (secondary N) is 1. The van der Waals surface area contributed by atoms with Gasteiger partial charge in [-0.15, -0.1) is 0 Å². The molecule has 13 nitrogen and oxygen atoms in total. The third-order valence-corrected chi connectivity index (χ3v) is 13.7. The summed E-state index contributed by atoms with van der Waals surface area (Å²) in [5.41, 5.74) is 3.67.